The number of piperidine rings is 1. The lowest BCUT2D eigenvalue weighted by molar-refractivity contribution is 0.0604. The SMILES string of the molecule is Cc1ccccc1C(=O)N1CCC[C@H]2[C@@H]1CC(C)(C)N2c1cccc(F)c1. The molecule has 0 aliphatic carbocycles. The molecule has 0 N–H and O–H groups in total. The number of fused-ring (bicyclic) bond motifs is 1. The maximum atomic E-state index is 13.9. The summed E-state index contributed by atoms with van der Waals surface area (Å²) < 4.78 is 13.9. The molecule has 27 heavy (non-hydrogen) atoms. The highest BCUT2D eigenvalue weighted by molar-refractivity contribution is 5.96. The minimum absolute atomic E-state index is 0.125. The van der Waals surface area contributed by atoms with E-state index in [9.17, 15) is 9.18 Å². The van der Waals surface area contributed by atoms with E-state index >= 15 is 0 Å². The summed E-state index contributed by atoms with van der Waals surface area (Å²) in [4.78, 5) is 17.7. The number of hydrogen-bond donors (Lipinski definition) is 0. The van der Waals surface area contributed by atoms with Crippen LogP contribution in [-0.2, 0) is 0 Å². The van der Waals surface area contributed by atoms with Crippen LogP contribution in [0.15, 0.2) is 48.5 Å². The highest BCUT2D eigenvalue weighted by Gasteiger charge is 2.50. The molecule has 2 aromatic rings. The quantitative estimate of drug-likeness (QED) is 0.762. The van der Waals surface area contributed by atoms with Crippen LogP contribution in [0.4, 0.5) is 10.1 Å². The molecule has 4 heteroatoms. The Morgan fingerprint density at radius 3 is 2.63 bits per heavy atom. The van der Waals surface area contributed by atoms with Crippen LogP contribution in [0.2, 0.25) is 0 Å². The van der Waals surface area contributed by atoms with E-state index in [-0.39, 0.29) is 29.3 Å². The number of benzene rings is 2. The molecular formula is C23H27FN2O. The number of carbonyl (C=O) groups is 1. The van der Waals surface area contributed by atoms with Gasteiger partial charge >= 0.3 is 0 Å². The highest BCUT2D eigenvalue weighted by atomic mass is 19.1. The molecule has 4 rings (SSSR count). The summed E-state index contributed by atoms with van der Waals surface area (Å²) in [5, 5.41) is 0. The summed E-state index contributed by atoms with van der Waals surface area (Å²) in [5.41, 5.74) is 2.60. The molecule has 2 heterocycles. The Morgan fingerprint density at radius 2 is 1.89 bits per heavy atom. The summed E-state index contributed by atoms with van der Waals surface area (Å²) in [6.45, 7) is 7.19. The third-order valence-corrected chi connectivity index (χ3v) is 6.16. The molecule has 2 atom stereocenters. The molecule has 0 aromatic heterocycles. The second-order valence-electron chi connectivity index (χ2n) is 8.46. The zero-order valence-electron chi connectivity index (χ0n) is 16.3. The van der Waals surface area contributed by atoms with Gasteiger partial charge in [-0.2, -0.15) is 0 Å². The average Bonchev–Trinajstić information content (AvgIpc) is 2.91. The standard InChI is InChI=1S/C23H27FN2O/c1-16-8-4-5-11-19(16)22(27)25-13-7-12-20-21(25)15-23(2,3)26(20)18-10-6-9-17(24)14-18/h4-6,8-11,14,20-21H,7,12-13,15H2,1-3H3/t20-,21-/m0/s1. The van der Waals surface area contributed by atoms with Crippen LogP contribution < -0.4 is 4.90 Å². The smallest absolute Gasteiger partial charge is 0.254 e. The van der Waals surface area contributed by atoms with Crippen molar-refractivity contribution in [3.05, 3.63) is 65.5 Å². The Morgan fingerprint density at radius 1 is 1.11 bits per heavy atom. The van der Waals surface area contributed by atoms with Crippen molar-refractivity contribution in [3.63, 3.8) is 0 Å². The summed E-state index contributed by atoms with van der Waals surface area (Å²) in [7, 11) is 0. The van der Waals surface area contributed by atoms with E-state index < -0.39 is 0 Å². The molecule has 2 aliphatic heterocycles. The molecule has 2 saturated heterocycles. The van der Waals surface area contributed by atoms with Crippen LogP contribution in [0, 0.1) is 12.7 Å². The van der Waals surface area contributed by atoms with Gasteiger partial charge in [-0.05, 0) is 69.9 Å². The lowest BCUT2D eigenvalue weighted by Crippen LogP contribution is -2.53. The summed E-state index contributed by atoms with van der Waals surface area (Å²) >= 11 is 0. The van der Waals surface area contributed by atoms with Crippen molar-refractivity contribution in [2.75, 3.05) is 11.4 Å². The van der Waals surface area contributed by atoms with E-state index in [1.807, 2.05) is 37.3 Å². The number of anilines is 1. The first-order valence-electron chi connectivity index (χ1n) is 9.80. The van der Waals surface area contributed by atoms with Gasteiger partial charge in [-0.1, -0.05) is 24.3 Å². The molecule has 0 unspecified atom stereocenters. The van der Waals surface area contributed by atoms with E-state index in [0.29, 0.717) is 0 Å². The van der Waals surface area contributed by atoms with Gasteiger partial charge in [-0.25, -0.2) is 4.39 Å². The van der Waals surface area contributed by atoms with Crippen molar-refractivity contribution in [3.8, 4) is 0 Å². The van der Waals surface area contributed by atoms with Gasteiger partial charge < -0.3 is 9.80 Å². The maximum absolute atomic E-state index is 13.9. The van der Waals surface area contributed by atoms with Crippen LogP contribution in [0.25, 0.3) is 0 Å². The lowest BCUT2D eigenvalue weighted by Gasteiger charge is -2.42. The lowest BCUT2D eigenvalue weighted by atomic mass is 9.93. The zero-order chi connectivity index (χ0) is 19.2. The van der Waals surface area contributed by atoms with Crippen molar-refractivity contribution < 1.29 is 9.18 Å². The monoisotopic (exact) mass is 366 g/mol. The fourth-order valence-electron chi connectivity index (χ4n) is 5.03. The Balaban J connectivity index is 1.68. The molecule has 1 amide bonds. The van der Waals surface area contributed by atoms with Crippen molar-refractivity contribution in [2.24, 2.45) is 0 Å². The van der Waals surface area contributed by atoms with Gasteiger partial charge in [0.1, 0.15) is 5.82 Å². The first-order chi connectivity index (χ1) is 12.9. The van der Waals surface area contributed by atoms with Gasteiger partial charge in [0.05, 0.1) is 12.1 Å². The Labute approximate surface area is 160 Å². The topological polar surface area (TPSA) is 23.6 Å². The largest absolute Gasteiger partial charge is 0.361 e. The fourth-order valence-corrected chi connectivity index (χ4v) is 5.03. The van der Waals surface area contributed by atoms with E-state index in [1.165, 1.54) is 6.07 Å². The summed E-state index contributed by atoms with van der Waals surface area (Å²) in [6, 6.07) is 15.0. The molecule has 142 valence electrons. The molecule has 3 nitrogen and oxygen atoms in total. The summed E-state index contributed by atoms with van der Waals surface area (Å²) in [5.74, 6) is -0.0879. The van der Waals surface area contributed by atoms with Crippen LogP contribution in [-0.4, -0.2) is 35.0 Å². The Hall–Kier alpha value is -2.36. The number of hydrogen-bond acceptors (Lipinski definition) is 2. The second kappa shape index (κ2) is 6.66. The fraction of sp³-hybridized carbons (Fsp3) is 0.435. The third-order valence-electron chi connectivity index (χ3n) is 6.16. The highest BCUT2D eigenvalue weighted by Crippen LogP contribution is 2.44. The number of halogens is 1. The predicted molar refractivity (Wildman–Crippen MR) is 107 cm³/mol. The molecule has 0 saturated carbocycles. The average molecular weight is 366 g/mol. The maximum Gasteiger partial charge on any atom is 0.254 e. The zero-order valence-corrected chi connectivity index (χ0v) is 16.3. The van der Waals surface area contributed by atoms with Crippen molar-refractivity contribution in [1.82, 2.24) is 4.90 Å². The van der Waals surface area contributed by atoms with Crippen molar-refractivity contribution >= 4 is 11.6 Å². The number of amides is 1. The molecule has 0 radical (unpaired) electrons. The van der Waals surface area contributed by atoms with Gasteiger partial charge in [0.25, 0.3) is 5.91 Å². The molecule has 0 bridgehead atoms. The molecule has 2 aromatic carbocycles. The van der Waals surface area contributed by atoms with Crippen molar-refractivity contribution in [1.29, 1.82) is 0 Å². The van der Waals surface area contributed by atoms with E-state index in [1.54, 1.807) is 12.1 Å². The van der Waals surface area contributed by atoms with E-state index in [0.717, 1.165) is 42.6 Å². The number of aryl methyl sites for hydroxylation is 1. The van der Waals surface area contributed by atoms with Gasteiger partial charge in [0.2, 0.25) is 0 Å². The number of rotatable bonds is 2. The van der Waals surface area contributed by atoms with Gasteiger partial charge in [-0.3, -0.25) is 4.79 Å². The van der Waals surface area contributed by atoms with Crippen LogP contribution >= 0.6 is 0 Å². The van der Waals surface area contributed by atoms with Gasteiger partial charge in [0, 0.05) is 23.3 Å². The van der Waals surface area contributed by atoms with E-state index in [2.05, 4.69) is 23.6 Å². The van der Waals surface area contributed by atoms with Crippen LogP contribution in [0.5, 0.6) is 0 Å². The predicted octanol–water partition coefficient (Wildman–Crippen LogP) is 4.80. The molecular weight excluding hydrogens is 339 g/mol. The second-order valence-corrected chi connectivity index (χ2v) is 8.46. The van der Waals surface area contributed by atoms with Crippen LogP contribution in [0.1, 0.15) is 49.0 Å². The number of likely N-dealkylation sites (tertiary alicyclic amines) is 1. The Bertz CT molecular complexity index is 863. The van der Waals surface area contributed by atoms with Crippen LogP contribution in [0.3, 0.4) is 0 Å². The number of carbonyl (C=O) groups excluding carboxylic acids is 1. The summed E-state index contributed by atoms with van der Waals surface area (Å²) in [6.07, 6.45) is 2.90. The first kappa shape index (κ1) is 18.0. The van der Waals surface area contributed by atoms with Gasteiger partial charge in [-0.15, -0.1) is 0 Å². The third kappa shape index (κ3) is 3.11. The van der Waals surface area contributed by atoms with Gasteiger partial charge in [0.15, 0.2) is 0 Å². The number of nitrogens with zero attached hydrogens (tertiary/aromatic N) is 2. The minimum Gasteiger partial charge on any atom is -0.361 e. The van der Waals surface area contributed by atoms with E-state index in [4.69, 9.17) is 0 Å². The molecule has 2 aliphatic rings. The molecule has 0 spiro atoms. The first-order valence-corrected chi connectivity index (χ1v) is 9.80. The normalized spacial score (nSPS) is 24.0. The van der Waals surface area contributed by atoms with Crippen molar-refractivity contribution in [2.45, 2.75) is 57.7 Å². The minimum atomic E-state index is -0.213. The molecule has 2 fully saturated rings. The Kier molecular flexibility index (Phi) is 4.45.